The van der Waals surface area contributed by atoms with Crippen molar-refractivity contribution in [2.75, 3.05) is 44.2 Å². The molecule has 25 heavy (non-hydrogen) atoms. The van der Waals surface area contributed by atoms with Gasteiger partial charge in [-0.25, -0.2) is 0 Å². The highest BCUT2D eigenvalue weighted by molar-refractivity contribution is 5.85. The van der Waals surface area contributed by atoms with Crippen LogP contribution in [0.1, 0.15) is 39.5 Å². The molecule has 1 aliphatic heterocycles. The molecule has 0 radical (unpaired) electrons. The van der Waals surface area contributed by atoms with Crippen molar-refractivity contribution in [2.24, 2.45) is 5.92 Å². The summed E-state index contributed by atoms with van der Waals surface area (Å²) in [6.07, 6.45) is 4.18. The van der Waals surface area contributed by atoms with Gasteiger partial charge in [-0.2, -0.15) is 0 Å². The number of para-hydroxylation sites is 1. The van der Waals surface area contributed by atoms with Crippen LogP contribution >= 0.6 is 12.4 Å². The molecule has 1 aromatic carbocycles. The van der Waals surface area contributed by atoms with E-state index in [0.717, 1.165) is 65.0 Å². The Morgan fingerprint density at radius 3 is 2.20 bits per heavy atom. The first-order valence-corrected chi connectivity index (χ1v) is 9.54. The SMILES string of the molecule is CCCC(CCC)C(=O)NCCN1CCN(c2ccccc2)CC1.Cl. The summed E-state index contributed by atoms with van der Waals surface area (Å²) in [6, 6.07) is 10.6. The predicted octanol–water partition coefficient (Wildman–Crippen LogP) is 3.56. The fraction of sp³-hybridized carbons (Fsp3) is 0.650. The highest BCUT2D eigenvalue weighted by Gasteiger charge is 2.18. The lowest BCUT2D eigenvalue weighted by atomic mass is 9.97. The fourth-order valence-corrected chi connectivity index (χ4v) is 3.45. The van der Waals surface area contributed by atoms with E-state index in [1.807, 2.05) is 0 Å². The fourth-order valence-electron chi connectivity index (χ4n) is 3.45. The summed E-state index contributed by atoms with van der Waals surface area (Å²) in [6.45, 7) is 10.3. The van der Waals surface area contributed by atoms with E-state index >= 15 is 0 Å². The molecular weight excluding hydrogens is 334 g/mol. The van der Waals surface area contributed by atoms with E-state index < -0.39 is 0 Å². The minimum absolute atomic E-state index is 0. The van der Waals surface area contributed by atoms with E-state index in [4.69, 9.17) is 0 Å². The zero-order chi connectivity index (χ0) is 17.2. The Bertz CT molecular complexity index is 469. The standard InChI is InChI=1S/C20H33N3O.ClH/c1-3-8-18(9-4-2)20(24)21-12-13-22-14-16-23(17-15-22)19-10-6-5-7-11-19;/h5-7,10-11,18H,3-4,8-9,12-17H2,1-2H3,(H,21,24);1H. The third-order valence-electron chi connectivity index (χ3n) is 4.87. The molecule has 142 valence electrons. The summed E-state index contributed by atoms with van der Waals surface area (Å²) in [5.74, 6) is 0.455. The maximum absolute atomic E-state index is 12.3. The summed E-state index contributed by atoms with van der Waals surface area (Å²) < 4.78 is 0. The van der Waals surface area contributed by atoms with Gasteiger partial charge in [0.2, 0.25) is 5.91 Å². The third-order valence-corrected chi connectivity index (χ3v) is 4.87. The molecule has 1 N–H and O–H groups in total. The van der Waals surface area contributed by atoms with E-state index in [-0.39, 0.29) is 24.2 Å². The van der Waals surface area contributed by atoms with Crippen LogP contribution in [0, 0.1) is 5.92 Å². The van der Waals surface area contributed by atoms with Gasteiger partial charge in [0, 0.05) is 50.9 Å². The number of nitrogens with zero attached hydrogens (tertiary/aromatic N) is 2. The third kappa shape index (κ3) is 7.25. The lowest BCUT2D eigenvalue weighted by Gasteiger charge is -2.36. The number of piperazine rings is 1. The number of rotatable bonds is 9. The first-order valence-electron chi connectivity index (χ1n) is 9.54. The van der Waals surface area contributed by atoms with Crippen LogP contribution in [0.3, 0.4) is 0 Å². The van der Waals surface area contributed by atoms with Gasteiger partial charge in [0.25, 0.3) is 0 Å². The largest absolute Gasteiger partial charge is 0.369 e. The molecule has 2 rings (SSSR count). The zero-order valence-electron chi connectivity index (χ0n) is 15.7. The molecule has 0 unspecified atom stereocenters. The van der Waals surface area contributed by atoms with E-state index in [1.54, 1.807) is 0 Å². The Kier molecular flexibility index (Phi) is 10.6. The van der Waals surface area contributed by atoms with Crippen LogP contribution in [0.2, 0.25) is 0 Å². The topological polar surface area (TPSA) is 35.6 Å². The van der Waals surface area contributed by atoms with Crippen molar-refractivity contribution >= 4 is 24.0 Å². The van der Waals surface area contributed by atoms with Gasteiger partial charge in [-0.05, 0) is 25.0 Å². The number of hydrogen-bond acceptors (Lipinski definition) is 3. The Hall–Kier alpha value is -1.26. The predicted molar refractivity (Wildman–Crippen MR) is 109 cm³/mol. The van der Waals surface area contributed by atoms with Gasteiger partial charge in [0.15, 0.2) is 0 Å². The number of anilines is 1. The average molecular weight is 368 g/mol. The quantitative estimate of drug-likeness (QED) is 0.724. The number of carbonyl (C=O) groups excluding carboxylic acids is 1. The van der Waals surface area contributed by atoms with Crippen molar-refractivity contribution in [1.29, 1.82) is 0 Å². The summed E-state index contributed by atoms with van der Waals surface area (Å²) in [4.78, 5) is 17.2. The highest BCUT2D eigenvalue weighted by atomic mass is 35.5. The number of carbonyl (C=O) groups is 1. The number of halogens is 1. The van der Waals surface area contributed by atoms with Gasteiger partial charge in [-0.15, -0.1) is 12.4 Å². The molecule has 0 aliphatic carbocycles. The first-order chi connectivity index (χ1) is 11.7. The van der Waals surface area contributed by atoms with Gasteiger partial charge >= 0.3 is 0 Å². The lowest BCUT2D eigenvalue weighted by molar-refractivity contribution is -0.125. The van der Waals surface area contributed by atoms with Crippen LogP contribution in [-0.2, 0) is 4.79 Å². The molecule has 1 saturated heterocycles. The molecular formula is C20H34ClN3O. The van der Waals surface area contributed by atoms with Crippen LogP contribution in [0.4, 0.5) is 5.69 Å². The monoisotopic (exact) mass is 367 g/mol. The molecule has 0 atom stereocenters. The minimum atomic E-state index is 0. The number of benzene rings is 1. The van der Waals surface area contributed by atoms with Gasteiger partial charge in [-0.3, -0.25) is 9.69 Å². The smallest absolute Gasteiger partial charge is 0.223 e. The van der Waals surface area contributed by atoms with E-state index in [1.165, 1.54) is 5.69 Å². The van der Waals surface area contributed by atoms with E-state index in [0.29, 0.717) is 0 Å². The number of nitrogens with one attached hydrogen (secondary N) is 1. The minimum Gasteiger partial charge on any atom is -0.369 e. The Morgan fingerprint density at radius 2 is 1.64 bits per heavy atom. The van der Waals surface area contributed by atoms with Crippen LogP contribution in [0.5, 0.6) is 0 Å². The first kappa shape index (κ1) is 21.8. The van der Waals surface area contributed by atoms with Crippen molar-refractivity contribution in [2.45, 2.75) is 39.5 Å². The van der Waals surface area contributed by atoms with Crippen LogP contribution in [-0.4, -0.2) is 50.1 Å². The normalized spacial score (nSPS) is 15.1. The summed E-state index contributed by atoms with van der Waals surface area (Å²) in [7, 11) is 0. The molecule has 5 heteroatoms. The Labute approximate surface area is 159 Å². The second kappa shape index (κ2) is 12.2. The molecule has 0 aromatic heterocycles. The Balaban J connectivity index is 0.00000312. The van der Waals surface area contributed by atoms with Gasteiger partial charge < -0.3 is 10.2 Å². The van der Waals surface area contributed by atoms with Gasteiger partial charge in [-0.1, -0.05) is 44.9 Å². The highest BCUT2D eigenvalue weighted by Crippen LogP contribution is 2.15. The van der Waals surface area contributed by atoms with Crippen molar-refractivity contribution < 1.29 is 4.79 Å². The average Bonchev–Trinajstić information content (AvgIpc) is 2.63. The van der Waals surface area contributed by atoms with Crippen LogP contribution in [0.25, 0.3) is 0 Å². The molecule has 1 aromatic rings. The maximum Gasteiger partial charge on any atom is 0.223 e. The molecule has 1 fully saturated rings. The van der Waals surface area contributed by atoms with Crippen LogP contribution < -0.4 is 10.2 Å². The van der Waals surface area contributed by atoms with Gasteiger partial charge in [0.05, 0.1) is 0 Å². The van der Waals surface area contributed by atoms with Crippen molar-refractivity contribution in [3.05, 3.63) is 30.3 Å². The zero-order valence-corrected chi connectivity index (χ0v) is 16.6. The molecule has 1 aliphatic rings. The summed E-state index contributed by atoms with van der Waals surface area (Å²) >= 11 is 0. The van der Waals surface area contributed by atoms with Gasteiger partial charge in [0.1, 0.15) is 0 Å². The molecule has 4 nitrogen and oxygen atoms in total. The van der Waals surface area contributed by atoms with E-state index in [2.05, 4.69) is 59.3 Å². The molecule has 1 heterocycles. The van der Waals surface area contributed by atoms with Crippen molar-refractivity contribution in [1.82, 2.24) is 10.2 Å². The second-order valence-electron chi connectivity index (χ2n) is 6.73. The Morgan fingerprint density at radius 1 is 1.04 bits per heavy atom. The van der Waals surface area contributed by atoms with Crippen LogP contribution in [0.15, 0.2) is 30.3 Å². The lowest BCUT2D eigenvalue weighted by Crippen LogP contribution is -2.48. The molecule has 1 amide bonds. The maximum atomic E-state index is 12.3. The molecule has 0 spiro atoms. The van der Waals surface area contributed by atoms with Crippen molar-refractivity contribution in [3.8, 4) is 0 Å². The summed E-state index contributed by atoms with van der Waals surface area (Å²) in [5.41, 5.74) is 1.31. The second-order valence-corrected chi connectivity index (χ2v) is 6.73. The summed E-state index contributed by atoms with van der Waals surface area (Å²) in [5, 5.41) is 3.15. The number of amides is 1. The van der Waals surface area contributed by atoms with E-state index in [9.17, 15) is 4.79 Å². The molecule has 0 bridgehead atoms. The number of hydrogen-bond donors (Lipinski definition) is 1. The molecule has 0 saturated carbocycles. The van der Waals surface area contributed by atoms with Crippen molar-refractivity contribution in [3.63, 3.8) is 0 Å².